The average Bonchev–Trinajstić information content (AvgIpc) is 3.20. The highest BCUT2D eigenvalue weighted by Gasteiger charge is 2.24. The molecule has 0 radical (unpaired) electrons. The molecule has 0 fully saturated rings. The lowest BCUT2D eigenvalue weighted by atomic mass is 10.1. The summed E-state index contributed by atoms with van der Waals surface area (Å²) in [4.78, 5) is 24.9. The second-order valence-electron chi connectivity index (χ2n) is 5.78. The molecule has 0 aromatic carbocycles. The lowest BCUT2D eigenvalue weighted by Crippen LogP contribution is -2.24. The zero-order valence-corrected chi connectivity index (χ0v) is 13.3. The molecule has 0 saturated heterocycles. The van der Waals surface area contributed by atoms with Crippen molar-refractivity contribution < 1.29 is 4.79 Å². The number of imidazole rings is 1. The van der Waals surface area contributed by atoms with Crippen LogP contribution in [-0.2, 0) is 13.0 Å². The van der Waals surface area contributed by atoms with Gasteiger partial charge in [-0.15, -0.1) is 5.10 Å². The van der Waals surface area contributed by atoms with Crippen molar-refractivity contribution in [3.8, 4) is 0 Å². The van der Waals surface area contributed by atoms with Gasteiger partial charge < -0.3 is 4.57 Å². The van der Waals surface area contributed by atoms with Gasteiger partial charge in [-0.25, -0.2) is 9.67 Å². The molecule has 1 amide bonds. The molecule has 122 valence electrons. The second-order valence-corrected chi connectivity index (χ2v) is 5.78. The van der Waals surface area contributed by atoms with Crippen LogP contribution in [0.5, 0.6) is 0 Å². The average molecular weight is 323 g/mol. The lowest BCUT2D eigenvalue weighted by Gasteiger charge is -2.24. The van der Waals surface area contributed by atoms with Crippen molar-refractivity contribution in [3.05, 3.63) is 54.1 Å². The Morgan fingerprint density at radius 3 is 2.96 bits per heavy atom. The minimum Gasteiger partial charge on any atom is -0.330 e. The van der Waals surface area contributed by atoms with E-state index in [0.717, 1.165) is 31.0 Å². The highest BCUT2D eigenvalue weighted by molar-refractivity contribution is 6.01. The molecular formula is C16H17N7O. The van der Waals surface area contributed by atoms with E-state index in [1.54, 1.807) is 24.4 Å². The molecule has 3 aromatic rings. The molecule has 0 aliphatic carbocycles. The van der Waals surface area contributed by atoms with E-state index in [9.17, 15) is 4.79 Å². The number of rotatable bonds is 3. The van der Waals surface area contributed by atoms with E-state index in [-0.39, 0.29) is 5.91 Å². The molecule has 4 rings (SSSR count). The number of pyridine rings is 1. The van der Waals surface area contributed by atoms with Crippen LogP contribution in [0.1, 0.15) is 34.6 Å². The highest BCUT2D eigenvalue weighted by atomic mass is 16.2. The molecule has 1 unspecified atom stereocenters. The molecule has 24 heavy (non-hydrogen) atoms. The van der Waals surface area contributed by atoms with Crippen LogP contribution in [0, 0.1) is 6.92 Å². The maximum Gasteiger partial charge on any atom is 0.276 e. The molecule has 1 aliphatic heterocycles. The third-order valence-electron chi connectivity index (χ3n) is 4.21. The molecule has 1 aliphatic rings. The standard InChI is InChI=1S/C16H17N7O/c1-11-17-8-9-22(11)12-5-6-14-19-16(21-23(14)10-12)20-15(24)13-4-2-3-7-18-13/h2-4,7-9,12H,5-6,10H2,1H3,(H,20,21,24). The van der Waals surface area contributed by atoms with E-state index in [2.05, 4.69) is 29.9 Å². The first-order valence-corrected chi connectivity index (χ1v) is 7.86. The largest absolute Gasteiger partial charge is 0.330 e. The van der Waals surface area contributed by atoms with Gasteiger partial charge in [0.2, 0.25) is 5.95 Å². The van der Waals surface area contributed by atoms with Crippen molar-refractivity contribution in [2.24, 2.45) is 0 Å². The number of amides is 1. The Morgan fingerprint density at radius 2 is 2.21 bits per heavy atom. The number of nitrogens with one attached hydrogen (secondary N) is 1. The molecule has 0 saturated carbocycles. The Kier molecular flexibility index (Phi) is 3.56. The summed E-state index contributed by atoms with van der Waals surface area (Å²) < 4.78 is 4.03. The van der Waals surface area contributed by atoms with Crippen molar-refractivity contribution in [2.45, 2.75) is 32.4 Å². The fraction of sp³-hybridized carbons (Fsp3) is 0.312. The smallest absolute Gasteiger partial charge is 0.276 e. The Labute approximate surface area is 138 Å². The van der Waals surface area contributed by atoms with Gasteiger partial charge in [0, 0.05) is 25.0 Å². The van der Waals surface area contributed by atoms with E-state index in [4.69, 9.17) is 0 Å². The number of carbonyl (C=O) groups is 1. The van der Waals surface area contributed by atoms with Crippen LogP contribution in [0.15, 0.2) is 36.8 Å². The first-order chi connectivity index (χ1) is 11.7. The normalized spacial score (nSPS) is 16.6. The zero-order chi connectivity index (χ0) is 16.5. The number of carbonyl (C=O) groups excluding carboxylic acids is 1. The molecule has 4 heterocycles. The zero-order valence-electron chi connectivity index (χ0n) is 13.3. The van der Waals surface area contributed by atoms with Crippen LogP contribution < -0.4 is 5.32 Å². The molecule has 1 N–H and O–H groups in total. The summed E-state index contributed by atoms with van der Waals surface area (Å²) in [6.45, 7) is 2.72. The van der Waals surface area contributed by atoms with Crippen LogP contribution >= 0.6 is 0 Å². The molecular weight excluding hydrogens is 306 g/mol. The number of aromatic nitrogens is 6. The monoisotopic (exact) mass is 323 g/mol. The van der Waals surface area contributed by atoms with Gasteiger partial charge in [0.15, 0.2) is 0 Å². The molecule has 1 atom stereocenters. The summed E-state index contributed by atoms with van der Waals surface area (Å²) in [5.41, 5.74) is 0.345. The first kappa shape index (κ1) is 14.6. The summed E-state index contributed by atoms with van der Waals surface area (Å²) in [7, 11) is 0. The number of aryl methyl sites for hydroxylation is 2. The molecule has 3 aromatic heterocycles. The summed E-state index contributed by atoms with van der Waals surface area (Å²) in [5, 5.41) is 7.13. The van der Waals surface area contributed by atoms with Crippen LogP contribution in [0.4, 0.5) is 5.95 Å². The first-order valence-electron chi connectivity index (χ1n) is 7.86. The van der Waals surface area contributed by atoms with E-state index in [1.807, 2.05) is 24.0 Å². The van der Waals surface area contributed by atoms with E-state index in [0.29, 0.717) is 17.7 Å². The Hall–Kier alpha value is -3.03. The Balaban J connectivity index is 1.51. The fourth-order valence-electron chi connectivity index (χ4n) is 3.01. The van der Waals surface area contributed by atoms with Crippen molar-refractivity contribution in [1.29, 1.82) is 0 Å². The lowest BCUT2D eigenvalue weighted by molar-refractivity contribution is 0.102. The van der Waals surface area contributed by atoms with Crippen molar-refractivity contribution in [3.63, 3.8) is 0 Å². The molecule has 0 spiro atoms. The fourth-order valence-corrected chi connectivity index (χ4v) is 3.01. The number of nitrogens with zero attached hydrogens (tertiary/aromatic N) is 6. The van der Waals surface area contributed by atoms with Gasteiger partial charge in [0.25, 0.3) is 5.91 Å². The van der Waals surface area contributed by atoms with Gasteiger partial charge in [0.1, 0.15) is 17.3 Å². The van der Waals surface area contributed by atoms with Crippen LogP contribution in [0.25, 0.3) is 0 Å². The van der Waals surface area contributed by atoms with Gasteiger partial charge in [-0.1, -0.05) is 6.07 Å². The van der Waals surface area contributed by atoms with Crippen molar-refractivity contribution in [2.75, 3.05) is 5.32 Å². The summed E-state index contributed by atoms with van der Waals surface area (Å²) in [6, 6.07) is 5.50. The van der Waals surface area contributed by atoms with E-state index in [1.165, 1.54) is 0 Å². The summed E-state index contributed by atoms with van der Waals surface area (Å²) >= 11 is 0. The number of hydrogen-bond donors (Lipinski definition) is 1. The predicted octanol–water partition coefficient (Wildman–Crippen LogP) is 1.62. The minimum absolute atomic E-state index is 0.305. The third-order valence-corrected chi connectivity index (χ3v) is 4.21. The van der Waals surface area contributed by atoms with Crippen LogP contribution in [-0.4, -0.2) is 35.2 Å². The van der Waals surface area contributed by atoms with Crippen LogP contribution in [0.2, 0.25) is 0 Å². The SMILES string of the molecule is Cc1nccn1C1CCc2nc(NC(=O)c3ccccn3)nn2C1. The van der Waals surface area contributed by atoms with Crippen LogP contribution in [0.3, 0.4) is 0 Å². The predicted molar refractivity (Wildman–Crippen MR) is 86.5 cm³/mol. The van der Waals surface area contributed by atoms with Crippen molar-refractivity contribution in [1.82, 2.24) is 29.3 Å². The minimum atomic E-state index is -0.305. The van der Waals surface area contributed by atoms with E-state index >= 15 is 0 Å². The van der Waals surface area contributed by atoms with Crippen molar-refractivity contribution >= 4 is 11.9 Å². The molecule has 8 heteroatoms. The Morgan fingerprint density at radius 1 is 1.29 bits per heavy atom. The van der Waals surface area contributed by atoms with Gasteiger partial charge in [-0.3, -0.25) is 15.1 Å². The summed E-state index contributed by atoms with van der Waals surface area (Å²) in [6.07, 6.45) is 7.17. The molecule has 8 nitrogen and oxygen atoms in total. The number of hydrogen-bond acceptors (Lipinski definition) is 5. The highest BCUT2D eigenvalue weighted by Crippen LogP contribution is 2.24. The van der Waals surface area contributed by atoms with Gasteiger partial charge in [-0.05, 0) is 25.5 Å². The number of fused-ring (bicyclic) bond motifs is 1. The molecule has 0 bridgehead atoms. The Bertz CT molecular complexity index is 868. The quantitative estimate of drug-likeness (QED) is 0.791. The maximum atomic E-state index is 12.1. The van der Waals surface area contributed by atoms with Gasteiger partial charge in [0.05, 0.1) is 12.6 Å². The summed E-state index contributed by atoms with van der Waals surface area (Å²) in [5.74, 6) is 1.90. The topological polar surface area (TPSA) is 90.5 Å². The van der Waals surface area contributed by atoms with Gasteiger partial charge >= 0.3 is 0 Å². The van der Waals surface area contributed by atoms with Gasteiger partial charge in [-0.2, -0.15) is 4.98 Å². The third kappa shape index (κ3) is 2.66. The van der Waals surface area contributed by atoms with E-state index < -0.39 is 0 Å². The maximum absolute atomic E-state index is 12.1. The second kappa shape index (κ2) is 5.88. The number of anilines is 1.